The second-order valence-corrected chi connectivity index (χ2v) is 7.79. The predicted molar refractivity (Wildman–Crippen MR) is 90.1 cm³/mol. The number of carboxylic acids is 1. The number of aliphatic carboxylic acids is 1. The van der Waals surface area contributed by atoms with Crippen molar-refractivity contribution in [2.45, 2.75) is 51.2 Å². The lowest BCUT2D eigenvalue weighted by Crippen LogP contribution is -2.60. The van der Waals surface area contributed by atoms with Gasteiger partial charge in [-0.3, -0.25) is 4.90 Å². The maximum absolute atomic E-state index is 12.5. The van der Waals surface area contributed by atoms with Crippen LogP contribution < -0.4 is 5.11 Å². The summed E-state index contributed by atoms with van der Waals surface area (Å²) in [6.45, 7) is 5.52. The van der Waals surface area contributed by atoms with E-state index in [4.69, 9.17) is 27.9 Å². The van der Waals surface area contributed by atoms with Crippen LogP contribution >= 0.6 is 23.2 Å². The topological polar surface area (TPSA) is 69.7 Å². The van der Waals surface area contributed by atoms with Crippen molar-refractivity contribution in [3.63, 3.8) is 0 Å². The molecule has 1 aliphatic rings. The number of ether oxygens (including phenoxy) is 1. The molecule has 0 N–H and O–H groups in total. The van der Waals surface area contributed by atoms with E-state index in [1.54, 1.807) is 39.0 Å². The molecule has 0 unspecified atom stereocenters. The molecule has 1 aromatic carbocycles. The van der Waals surface area contributed by atoms with Gasteiger partial charge in [0.15, 0.2) is 0 Å². The molecule has 1 aliphatic heterocycles. The Bertz CT molecular complexity index is 656. The molecule has 24 heavy (non-hydrogen) atoms. The Morgan fingerprint density at radius 1 is 1.29 bits per heavy atom. The van der Waals surface area contributed by atoms with E-state index < -0.39 is 23.2 Å². The van der Waals surface area contributed by atoms with Crippen molar-refractivity contribution < 1.29 is 19.4 Å². The molecule has 7 heteroatoms. The fourth-order valence-corrected chi connectivity index (χ4v) is 3.24. The van der Waals surface area contributed by atoms with Crippen LogP contribution in [0.2, 0.25) is 10.0 Å². The highest BCUT2D eigenvalue weighted by molar-refractivity contribution is 6.42. The Labute approximate surface area is 151 Å². The molecule has 1 atom stereocenters. The van der Waals surface area contributed by atoms with E-state index in [1.807, 2.05) is 0 Å². The minimum atomic E-state index is -1.44. The summed E-state index contributed by atoms with van der Waals surface area (Å²) in [5, 5.41) is 12.7. The minimum absolute atomic E-state index is 0.0888. The van der Waals surface area contributed by atoms with Crippen molar-refractivity contribution in [2.75, 3.05) is 6.54 Å². The molecule has 1 heterocycles. The lowest BCUT2D eigenvalue weighted by atomic mass is 9.88. The van der Waals surface area contributed by atoms with Gasteiger partial charge in [-0.15, -0.1) is 0 Å². The van der Waals surface area contributed by atoms with Crippen LogP contribution in [-0.4, -0.2) is 34.6 Å². The van der Waals surface area contributed by atoms with E-state index in [0.717, 1.165) is 0 Å². The Hall–Kier alpha value is -1.46. The van der Waals surface area contributed by atoms with Crippen molar-refractivity contribution in [1.29, 1.82) is 0 Å². The smallest absolute Gasteiger partial charge is 0.411 e. The fourth-order valence-electron chi connectivity index (χ4n) is 2.92. The molecule has 0 aromatic heterocycles. The van der Waals surface area contributed by atoms with Gasteiger partial charge in [-0.2, -0.15) is 0 Å². The molecule has 1 saturated heterocycles. The number of carbonyl (C=O) groups excluding carboxylic acids is 2. The molecule has 0 spiro atoms. The van der Waals surface area contributed by atoms with Gasteiger partial charge in [0, 0.05) is 13.0 Å². The molecule has 0 radical (unpaired) electrons. The highest BCUT2D eigenvalue weighted by Crippen LogP contribution is 2.35. The molecule has 0 bridgehead atoms. The lowest BCUT2D eigenvalue weighted by molar-refractivity contribution is -0.317. The normalized spacial score (nSPS) is 21.0. The Balaban J connectivity index is 2.33. The number of hydrogen-bond acceptors (Lipinski definition) is 4. The molecule has 1 aromatic rings. The zero-order valence-electron chi connectivity index (χ0n) is 13.9. The van der Waals surface area contributed by atoms with Gasteiger partial charge in [0.1, 0.15) is 5.60 Å². The van der Waals surface area contributed by atoms with Crippen LogP contribution in [0, 0.1) is 0 Å². The van der Waals surface area contributed by atoms with Crippen LogP contribution in [0.4, 0.5) is 4.79 Å². The number of carbonyl (C=O) groups is 2. The molecule has 132 valence electrons. The minimum Gasteiger partial charge on any atom is -0.548 e. The van der Waals surface area contributed by atoms with Gasteiger partial charge >= 0.3 is 6.09 Å². The van der Waals surface area contributed by atoms with Gasteiger partial charge in [-0.1, -0.05) is 29.3 Å². The predicted octanol–water partition coefficient (Wildman–Crippen LogP) is 3.06. The molecule has 1 fully saturated rings. The highest BCUT2D eigenvalue weighted by atomic mass is 35.5. The molecule has 5 nitrogen and oxygen atoms in total. The van der Waals surface area contributed by atoms with Gasteiger partial charge in [-0.25, -0.2) is 4.79 Å². The third-order valence-corrected chi connectivity index (χ3v) is 4.70. The summed E-state index contributed by atoms with van der Waals surface area (Å²) in [4.78, 5) is 25.7. The highest BCUT2D eigenvalue weighted by Gasteiger charge is 2.46. The van der Waals surface area contributed by atoms with Crippen LogP contribution in [0.5, 0.6) is 0 Å². The first-order chi connectivity index (χ1) is 11.0. The average molecular weight is 373 g/mol. The number of carboxylic acid groups (broad SMARTS) is 1. The van der Waals surface area contributed by atoms with E-state index in [-0.39, 0.29) is 6.42 Å². The van der Waals surface area contributed by atoms with E-state index in [1.165, 1.54) is 4.90 Å². The van der Waals surface area contributed by atoms with E-state index >= 15 is 0 Å². The van der Waals surface area contributed by atoms with Gasteiger partial charge < -0.3 is 14.6 Å². The first-order valence-electron chi connectivity index (χ1n) is 7.71. The van der Waals surface area contributed by atoms with Crippen LogP contribution in [0.1, 0.15) is 39.2 Å². The summed E-state index contributed by atoms with van der Waals surface area (Å²) in [5.74, 6) is -1.29. The first kappa shape index (κ1) is 18.9. The summed E-state index contributed by atoms with van der Waals surface area (Å²) < 4.78 is 5.36. The first-order valence-corrected chi connectivity index (χ1v) is 8.47. The van der Waals surface area contributed by atoms with Crippen molar-refractivity contribution in [3.8, 4) is 0 Å². The SMILES string of the molecule is CC(C)(C)OC(=O)N1CCC[C@]1(Cc1ccc(Cl)c(Cl)c1)C(=O)[O-]. The quantitative estimate of drug-likeness (QED) is 0.817. The maximum atomic E-state index is 12.5. The summed E-state index contributed by atoms with van der Waals surface area (Å²) in [6.07, 6.45) is 0.304. The number of hydrogen-bond donors (Lipinski definition) is 0. The van der Waals surface area contributed by atoms with E-state index in [0.29, 0.717) is 35.0 Å². The Morgan fingerprint density at radius 2 is 1.96 bits per heavy atom. The lowest BCUT2D eigenvalue weighted by Gasteiger charge is -2.40. The number of likely N-dealkylation sites (tertiary alicyclic amines) is 1. The number of halogens is 2. The third kappa shape index (κ3) is 3.95. The zero-order valence-corrected chi connectivity index (χ0v) is 15.4. The molecular formula is C17H20Cl2NO4-. The van der Waals surface area contributed by atoms with Crippen LogP contribution in [-0.2, 0) is 16.0 Å². The van der Waals surface area contributed by atoms with Gasteiger partial charge in [0.2, 0.25) is 0 Å². The van der Waals surface area contributed by atoms with Crippen molar-refractivity contribution in [3.05, 3.63) is 33.8 Å². The maximum Gasteiger partial charge on any atom is 0.411 e. The van der Waals surface area contributed by atoms with Crippen molar-refractivity contribution >= 4 is 35.3 Å². The Morgan fingerprint density at radius 3 is 2.50 bits per heavy atom. The number of nitrogens with zero attached hydrogens (tertiary/aromatic N) is 1. The summed E-state index contributed by atoms with van der Waals surface area (Å²) in [7, 11) is 0. The second-order valence-electron chi connectivity index (χ2n) is 6.98. The number of rotatable bonds is 3. The monoisotopic (exact) mass is 372 g/mol. The van der Waals surface area contributed by atoms with Crippen molar-refractivity contribution in [1.82, 2.24) is 4.90 Å². The number of benzene rings is 1. The van der Waals surface area contributed by atoms with Crippen LogP contribution in [0.15, 0.2) is 18.2 Å². The molecule has 2 rings (SSSR count). The van der Waals surface area contributed by atoms with Crippen LogP contribution in [0.25, 0.3) is 0 Å². The van der Waals surface area contributed by atoms with Gasteiger partial charge in [0.25, 0.3) is 0 Å². The number of amides is 1. The summed E-state index contributed by atoms with van der Waals surface area (Å²) in [5.41, 5.74) is -1.48. The van der Waals surface area contributed by atoms with E-state index in [2.05, 4.69) is 0 Å². The zero-order chi connectivity index (χ0) is 18.1. The molecular weight excluding hydrogens is 353 g/mol. The third-order valence-electron chi connectivity index (χ3n) is 3.96. The second kappa shape index (κ2) is 6.81. The molecule has 1 amide bonds. The molecule has 0 aliphatic carbocycles. The van der Waals surface area contributed by atoms with Crippen molar-refractivity contribution in [2.24, 2.45) is 0 Å². The Kier molecular flexibility index (Phi) is 5.35. The van der Waals surface area contributed by atoms with Crippen LogP contribution in [0.3, 0.4) is 0 Å². The standard InChI is InChI=1S/C17H21Cl2NO4/c1-16(2,3)24-15(23)20-8-4-7-17(20,14(21)22)10-11-5-6-12(18)13(19)9-11/h5-6,9H,4,7-8,10H2,1-3H3,(H,21,22)/p-1/t17-/m0/s1. The van der Waals surface area contributed by atoms with Gasteiger partial charge in [-0.05, 0) is 51.3 Å². The van der Waals surface area contributed by atoms with E-state index in [9.17, 15) is 14.7 Å². The fraction of sp³-hybridized carbons (Fsp3) is 0.529. The summed E-state index contributed by atoms with van der Waals surface area (Å²) in [6, 6.07) is 4.92. The van der Waals surface area contributed by atoms with Gasteiger partial charge in [0.05, 0.1) is 21.6 Å². The average Bonchev–Trinajstić information content (AvgIpc) is 2.86. The largest absolute Gasteiger partial charge is 0.548 e. The summed E-state index contributed by atoms with van der Waals surface area (Å²) >= 11 is 11.9. The molecule has 0 saturated carbocycles.